The van der Waals surface area contributed by atoms with Crippen molar-refractivity contribution in [1.29, 1.82) is 0 Å². The molecular formula is C18H10F2N8. The highest BCUT2D eigenvalue weighted by Crippen LogP contribution is 2.31. The summed E-state index contributed by atoms with van der Waals surface area (Å²) < 4.78 is 28.8. The molecule has 0 aliphatic heterocycles. The standard InChI is InChI=1S/C18H10F2N8/c19-11-1-2-16(15(20)7-11)27-17-14(9-26-27)12(3-4-22-17)13-8-21-10-23-18(13)28-24-5-6-25-28/h1-10H. The summed E-state index contributed by atoms with van der Waals surface area (Å²) in [5.74, 6) is -0.918. The Labute approximate surface area is 156 Å². The lowest BCUT2D eigenvalue weighted by atomic mass is 10.1. The van der Waals surface area contributed by atoms with Crippen molar-refractivity contribution in [2.24, 2.45) is 0 Å². The maximum Gasteiger partial charge on any atom is 0.185 e. The molecule has 4 aromatic heterocycles. The number of aromatic nitrogens is 8. The minimum Gasteiger partial charge on any atom is -0.244 e. The zero-order chi connectivity index (χ0) is 19.1. The molecule has 0 bridgehead atoms. The molecule has 0 saturated heterocycles. The summed E-state index contributed by atoms with van der Waals surface area (Å²) in [6.07, 6.45) is 9.26. The van der Waals surface area contributed by atoms with Crippen molar-refractivity contribution < 1.29 is 8.78 Å². The van der Waals surface area contributed by atoms with Crippen LogP contribution in [0.5, 0.6) is 0 Å². The molecule has 28 heavy (non-hydrogen) atoms. The molecule has 10 heteroatoms. The molecular weight excluding hydrogens is 366 g/mol. The fourth-order valence-electron chi connectivity index (χ4n) is 2.99. The van der Waals surface area contributed by atoms with E-state index in [-0.39, 0.29) is 5.69 Å². The predicted molar refractivity (Wildman–Crippen MR) is 94.7 cm³/mol. The third-order valence-corrected chi connectivity index (χ3v) is 4.20. The smallest absolute Gasteiger partial charge is 0.185 e. The summed E-state index contributed by atoms with van der Waals surface area (Å²) in [5, 5.41) is 13.1. The minimum absolute atomic E-state index is 0.0966. The summed E-state index contributed by atoms with van der Waals surface area (Å²) in [6.45, 7) is 0. The maximum absolute atomic E-state index is 14.2. The molecule has 0 saturated carbocycles. The summed E-state index contributed by atoms with van der Waals surface area (Å²) in [7, 11) is 0. The van der Waals surface area contributed by atoms with E-state index in [1.54, 1.807) is 37.1 Å². The lowest BCUT2D eigenvalue weighted by Gasteiger charge is -2.08. The molecule has 5 rings (SSSR count). The summed E-state index contributed by atoms with van der Waals surface area (Å²) in [5.41, 5.74) is 1.89. The van der Waals surface area contributed by atoms with Crippen LogP contribution in [0, 0.1) is 11.6 Å². The van der Waals surface area contributed by atoms with Crippen molar-refractivity contribution in [2.75, 3.05) is 0 Å². The van der Waals surface area contributed by atoms with Crippen LogP contribution < -0.4 is 0 Å². The van der Waals surface area contributed by atoms with E-state index in [2.05, 4.69) is 30.2 Å². The van der Waals surface area contributed by atoms with Crippen LogP contribution in [0.25, 0.3) is 33.7 Å². The number of rotatable bonds is 3. The van der Waals surface area contributed by atoms with Crippen LogP contribution in [0.3, 0.4) is 0 Å². The molecule has 0 spiro atoms. The maximum atomic E-state index is 14.2. The molecule has 0 unspecified atom stereocenters. The van der Waals surface area contributed by atoms with Crippen LogP contribution in [0.15, 0.2) is 61.6 Å². The molecule has 5 aromatic rings. The second kappa shape index (κ2) is 6.27. The van der Waals surface area contributed by atoms with E-state index in [9.17, 15) is 8.78 Å². The van der Waals surface area contributed by atoms with Gasteiger partial charge in [0.1, 0.15) is 17.8 Å². The SMILES string of the molecule is Fc1ccc(-n2ncc3c(-c4cncnc4-n4nccn4)ccnc32)c(F)c1. The Morgan fingerprint density at radius 3 is 2.50 bits per heavy atom. The van der Waals surface area contributed by atoms with Crippen molar-refractivity contribution in [1.82, 2.24) is 39.7 Å². The van der Waals surface area contributed by atoms with Crippen molar-refractivity contribution in [2.45, 2.75) is 0 Å². The highest BCUT2D eigenvalue weighted by atomic mass is 19.1. The van der Waals surface area contributed by atoms with Gasteiger partial charge in [0, 0.05) is 35.0 Å². The van der Waals surface area contributed by atoms with Gasteiger partial charge in [-0.2, -0.15) is 15.3 Å². The Morgan fingerprint density at radius 1 is 0.821 bits per heavy atom. The highest BCUT2D eigenvalue weighted by molar-refractivity contribution is 5.94. The van der Waals surface area contributed by atoms with Gasteiger partial charge < -0.3 is 0 Å². The summed E-state index contributed by atoms with van der Waals surface area (Å²) >= 11 is 0. The molecule has 8 nitrogen and oxygen atoms in total. The molecule has 1 aromatic carbocycles. The molecule has 0 radical (unpaired) electrons. The summed E-state index contributed by atoms with van der Waals surface area (Å²) in [6, 6.07) is 5.07. The Balaban J connectivity index is 1.73. The van der Waals surface area contributed by atoms with E-state index in [1.165, 1.54) is 27.9 Å². The highest BCUT2D eigenvalue weighted by Gasteiger charge is 2.17. The van der Waals surface area contributed by atoms with E-state index in [0.29, 0.717) is 22.4 Å². The van der Waals surface area contributed by atoms with Gasteiger partial charge in [0.15, 0.2) is 17.3 Å². The van der Waals surface area contributed by atoms with Gasteiger partial charge in [0.2, 0.25) is 0 Å². The first-order chi connectivity index (χ1) is 13.7. The molecule has 0 fully saturated rings. The third kappa shape index (κ3) is 2.50. The number of benzene rings is 1. The number of hydrogen-bond donors (Lipinski definition) is 0. The van der Waals surface area contributed by atoms with E-state index in [4.69, 9.17) is 0 Å². The van der Waals surface area contributed by atoms with Crippen LogP contribution in [0.2, 0.25) is 0 Å². The predicted octanol–water partition coefficient (Wildman–Crippen LogP) is 2.74. The Bertz CT molecular complexity index is 1300. The number of halogens is 2. The van der Waals surface area contributed by atoms with E-state index in [0.717, 1.165) is 11.6 Å². The topological polar surface area (TPSA) is 87.2 Å². The molecule has 0 atom stereocenters. The molecule has 0 aliphatic carbocycles. The van der Waals surface area contributed by atoms with E-state index in [1.807, 2.05) is 0 Å². The van der Waals surface area contributed by atoms with Crippen molar-refractivity contribution in [3.8, 4) is 22.6 Å². The number of pyridine rings is 1. The molecule has 0 amide bonds. The largest absolute Gasteiger partial charge is 0.244 e. The lowest BCUT2D eigenvalue weighted by molar-refractivity contribution is 0.574. The number of fused-ring (bicyclic) bond motifs is 1. The Hall–Kier alpha value is -4.08. The van der Waals surface area contributed by atoms with E-state index >= 15 is 0 Å². The van der Waals surface area contributed by atoms with Crippen LogP contribution in [0.4, 0.5) is 8.78 Å². The fourth-order valence-corrected chi connectivity index (χ4v) is 2.99. The number of hydrogen-bond acceptors (Lipinski definition) is 6. The van der Waals surface area contributed by atoms with Gasteiger partial charge in [-0.15, -0.1) is 4.80 Å². The van der Waals surface area contributed by atoms with Crippen LogP contribution in [-0.2, 0) is 0 Å². The normalized spacial score (nSPS) is 11.2. The van der Waals surface area contributed by atoms with Gasteiger partial charge in [-0.05, 0) is 18.2 Å². The van der Waals surface area contributed by atoms with Crippen LogP contribution in [0.1, 0.15) is 0 Å². The third-order valence-electron chi connectivity index (χ3n) is 4.20. The van der Waals surface area contributed by atoms with Crippen molar-refractivity contribution in [3.63, 3.8) is 0 Å². The first-order valence-corrected chi connectivity index (χ1v) is 8.17. The number of nitrogens with zero attached hydrogens (tertiary/aromatic N) is 8. The van der Waals surface area contributed by atoms with Gasteiger partial charge >= 0.3 is 0 Å². The minimum atomic E-state index is -0.735. The molecule has 0 aliphatic rings. The molecule has 0 N–H and O–H groups in total. The Morgan fingerprint density at radius 2 is 1.68 bits per heavy atom. The molecule has 136 valence electrons. The zero-order valence-electron chi connectivity index (χ0n) is 14.1. The Kier molecular flexibility index (Phi) is 3.61. The van der Waals surface area contributed by atoms with E-state index < -0.39 is 11.6 Å². The van der Waals surface area contributed by atoms with Gasteiger partial charge in [0.05, 0.1) is 18.6 Å². The second-order valence-electron chi connectivity index (χ2n) is 5.83. The first kappa shape index (κ1) is 16.1. The average molecular weight is 376 g/mol. The van der Waals surface area contributed by atoms with Crippen LogP contribution >= 0.6 is 0 Å². The van der Waals surface area contributed by atoms with Gasteiger partial charge in [-0.3, -0.25) is 0 Å². The average Bonchev–Trinajstić information content (AvgIpc) is 3.38. The second-order valence-corrected chi connectivity index (χ2v) is 5.83. The van der Waals surface area contributed by atoms with Gasteiger partial charge in [-0.25, -0.2) is 28.4 Å². The fraction of sp³-hybridized carbons (Fsp3) is 0. The first-order valence-electron chi connectivity index (χ1n) is 8.17. The summed E-state index contributed by atoms with van der Waals surface area (Å²) in [4.78, 5) is 14.1. The van der Waals surface area contributed by atoms with Crippen molar-refractivity contribution >= 4 is 11.0 Å². The van der Waals surface area contributed by atoms with Gasteiger partial charge in [0.25, 0.3) is 0 Å². The quantitative estimate of drug-likeness (QED) is 0.481. The lowest BCUT2D eigenvalue weighted by Crippen LogP contribution is -2.05. The van der Waals surface area contributed by atoms with Gasteiger partial charge in [-0.1, -0.05) is 0 Å². The van der Waals surface area contributed by atoms with Crippen molar-refractivity contribution in [3.05, 3.63) is 73.2 Å². The zero-order valence-corrected chi connectivity index (χ0v) is 14.1. The molecule has 4 heterocycles. The van der Waals surface area contributed by atoms with Crippen LogP contribution in [-0.4, -0.2) is 39.7 Å². The monoisotopic (exact) mass is 376 g/mol.